The number of carbonyl (C=O) groups excluding carboxylic acids is 1. The molecule has 1 aliphatic rings. The predicted molar refractivity (Wildman–Crippen MR) is 77.6 cm³/mol. The van der Waals surface area contributed by atoms with E-state index in [2.05, 4.69) is 33.1 Å². The molecule has 0 saturated carbocycles. The summed E-state index contributed by atoms with van der Waals surface area (Å²) in [5.41, 5.74) is 0.234. The van der Waals surface area contributed by atoms with Gasteiger partial charge in [0.1, 0.15) is 5.82 Å². The zero-order chi connectivity index (χ0) is 13.8. The minimum absolute atomic E-state index is 0.157. The fourth-order valence-corrected chi connectivity index (χ4v) is 2.69. The highest BCUT2D eigenvalue weighted by atomic mass is 79.9. The normalized spacial score (nSPS) is 20.3. The van der Waals surface area contributed by atoms with E-state index >= 15 is 0 Å². The molecule has 1 heterocycles. The molecule has 1 fully saturated rings. The molecule has 104 valence electrons. The number of amides is 1. The number of benzene rings is 1. The number of nitrogens with one attached hydrogen (secondary N) is 1. The Bertz CT molecular complexity index is 467. The van der Waals surface area contributed by atoms with Crippen LogP contribution in [0.15, 0.2) is 22.7 Å². The number of hydrogen-bond acceptors (Lipinski definition) is 2. The van der Waals surface area contributed by atoms with Crippen molar-refractivity contribution in [2.45, 2.75) is 32.2 Å². The molecule has 0 spiro atoms. The Morgan fingerprint density at radius 2 is 2.32 bits per heavy atom. The van der Waals surface area contributed by atoms with Crippen molar-refractivity contribution in [3.8, 4) is 0 Å². The van der Waals surface area contributed by atoms with Crippen LogP contribution < -0.4 is 5.32 Å². The zero-order valence-electron chi connectivity index (χ0n) is 11.0. The third-order valence-corrected chi connectivity index (χ3v) is 3.99. The summed E-state index contributed by atoms with van der Waals surface area (Å²) < 4.78 is 14.3. The molecule has 2 rings (SSSR count). The molecule has 0 aliphatic carbocycles. The van der Waals surface area contributed by atoms with E-state index in [-0.39, 0.29) is 11.6 Å². The van der Waals surface area contributed by atoms with Gasteiger partial charge < -0.3 is 5.32 Å². The van der Waals surface area contributed by atoms with Crippen LogP contribution in [0, 0.1) is 5.82 Å². The molecule has 1 saturated heterocycles. The lowest BCUT2D eigenvalue weighted by Crippen LogP contribution is -2.42. The van der Waals surface area contributed by atoms with Gasteiger partial charge in [0.15, 0.2) is 0 Å². The minimum atomic E-state index is -0.422. The smallest absolute Gasteiger partial charge is 0.238 e. The van der Waals surface area contributed by atoms with Crippen molar-refractivity contribution in [1.82, 2.24) is 4.90 Å². The first-order valence-corrected chi connectivity index (χ1v) is 7.34. The molecule has 0 bridgehead atoms. The Hall–Kier alpha value is -0.940. The highest BCUT2D eigenvalue weighted by Gasteiger charge is 2.20. The van der Waals surface area contributed by atoms with Crippen molar-refractivity contribution in [3.05, 3.63) is 28.5 Å². The van der Waals surface area contributed by atoms with Crippen molar-refractivity contribution in [2.24, 2.45) is 0 Å². The summed E-state index contributed by atoms with van der Waals surface area (Å²) in [6.07, 6.45) is 3.48. The fraction of sp³-hybridized carbons (Fsp3) is 0.500. The molecule has 5 heteroatoms. The Morgan fingerprint density at radius 1 is 1.53 bits per heavy atom. The monoisotopic (exact) mass is 328 g/mol. The number of rotatable bonds is 3. The van der Waals surface area contributed by atoms with Crippen LogP contribution in [0.25, 0.3) is 0 Å². The van der Waals surface area contributed by atoms with Crippen molar-refractivity contribution < 1.29 is 9.18 Å². The van der Waals surface area contributed by atoms with Gasteiger partial charge in [-0.05, 0) is 44.5 Å². The van der Waals surface area contributed by atoms with Gasteiger partial charge in [-0.1, -0.05) is 22.4 Å². The first kappa shape index (κ1) is 14.5. The number of anilines is 1. The van der Waals surface area contributed by atoms with Crippen molar-refractivity contribution >= 4 is 27.5 Å². The second-order valence-electron chi connectivity index (χ2n) is 4.99. The molecule has 1 N–H and O–H groups in total. The molecule has 1 aromatic rings. The number of likely N-dealkylation sites (tertiary alicyclic amines) is 1. The van der Waals surface area contributed by atoms with Gasteiger partial charge in [0, 0.05) is 10.5 Å². The van der Waals surface area contributed by atoms with Gasteiger partial charge in [-0.2, -0.15) is 0 Å². The van der Waals surface area contributed by atoms with Gasteiger partial charge in [0.25, 0.3) is 0 Å². The fourth-order valence-electron chi connectivity index (χ4n) is 2.36. The average molecular weight is 329 g/mol. The largest absolute Gasteiger partial charge is 0.322 e. The molecule has 0 aromatic heterocycles. The predicted octanol–water partition coefficient (Wildman–Crippen LogP) is 3.40. The molecular weight excluding hydrogens is 311 g/mol. The van der Waals surface area contributed by atoms with Gasteiger partial charge in [-0.25, -0.2) is 4.39 Å². The standard InChI is InChI=1S/C14H18BrFN2O/c1-10-4-2-3-7-18(10)9-14(19)17-13-6-5-11(15)8-12(13)16/h5-6,8,10H,2-4,7,9H2,1H3,(H,17,19). The molecule has 1 atom stereocenters. The average Bonchev–Trinajstić information content (AvgIpc) is 2.36. The maximum absolute atomic E-state index is 13.6. The number of carbonyl (C=O) groups is 1. The lowest BCUT2D eigenvalue weighted by molar-refractivity contribution is -0.118. The summed E-state index contributed by atoms with van der Waals surface area (Å²) >= 11 is 3.19. The van der Waals surface area contributed by atoms with Crippen LogP contribution in [0.3, 0.4) is 0 Å². The Kier molecular flexibility index (Phi) is 4.93. The highest BCUT2D eigenvalue weighted by molar-refractivity contribution is 9.10. The molecule has 1 aromatic carbocycles. The molecule has 3 nitrogen and oxygen atoms in total. The van der Waals surface area contributed by atoms with E-state index in [4.69, 9.17) is 0 Å². The molecule has 1 aliphatic heterocycles. The SMILES string of the molecule is CC1CCCCN1CC(=O)Nc1ccc(Br)cc1F. The zero-order valence-corrected chi connectivity index (χ0v) is 12.5. The minimum Gasteiger partial charge on any atom is -0.322 e. The molecule has 1 unspecified atom stereocenters. The van der Waals surface area contributed by atoms with E-state index in [0.717, 1.165) is 19.4 Å². The molecule has 1 amide bonds. The first-order valence-electron chi connectivity index (χ1n) is 6.55. The first-order chi connectivity index (χ1) is 9.06. The number of piperidine rings is 1. The van der Waals surface area contributed by atoms with Crippen molar-refractivity contribution in [1.29, 1.82) is 0 Å². The van der Waals surface area contributed by atoms with Crippen LogP contribution in [-0.2, 0) is 4.79 Å². The van der Waals surface area contributed by atoms with Gasteiger partial charge in [-0.15, -0.1) is 0 Å². The topological polar surface area (TPSA) is 32.3 Å². The second kappa shape index (κ2) is 6.48. The van der Waals surface area contributed by atoms with Crippen LogP contribution in [0.2, 0.25) is 0 Å². The lowest BCUT2D eigenvalue weighted by atomic mass is 10.0. The van der Waals surface area contributed by atoms with Crippen molar-refractivity contribution in [3.63, 3.8) is 0 Å². The van der Waals surface area contributed by atoms with E-state index in [9.17, 15) is 9.18 Å². The number of hydrogen-bond donors (Lipinski definition) is 1. The Morgan fingerprint density at radius 3 is 3.00 bits per heavy atom. The third-order valence-electron chi connectivity index (χ3n) is 3.49. The van der Waals surface area contributed by atoms with Gasteiger partial charge in [0.05, 0.1) is 12.2 Å². The summed E-state index contributed by atoms with van der Waals surface area (Å²) in [6, 6.07) is 5.05. The number of halogens is 2. The third kappa shape index (κ3) is 4.01. The summed E-state index contributed by atoms with van der Waals surface area (Å²) in [5.74, 6) is -0.579. The quantitative estimate of drug-likeness (QED) is 0.922. The van der Waals surface area contributed by atoms with E-state index < -0.39 is 5.82 Å². The van der Waals surface area contributed by atoms with E-state index in [1.807, 2.05) is 0 Å². The second-order valence-corrected chi connectivity index (χ2v) is 5.90. The van der Waals surface area contributed by atoms with Crippen LogP contribution >= 0.6 is 15.9 Å². The molecule has 0 radical (unpaired) electrons. The summed E-state index contributed by atoms with van der Waals surface area (Å²) in [5, 5.41) is 2.63. The highest BCUT2D eigenvalue weighted by Crippen LogP contribution is 2.20. The summed E-state index contributed by atoms with van der Waals surface area (Å²) in [6.45, 7) is 3.40. The van der Waals surface area contributed by atoms with Crippen LogP contribution in [0.5, 0.6) is 0 Å². The van der Waals surface area contributed by atoms with Gasteiger partial charge in [-0.3, -0.25) is 9.69 Å². The van der Waals surface area contributed by atoms with E-state index in [0.29, 0.717) is 17.1 Å². The summed E-state index contributed by atoms with van der Waals surface area (Å²) in [7, 11) is 0. The van der Waals surface area contributed by atoms with E-state index in [1.54, 1.807) is 12.1 Å². The van der Waals surface area contributed by atoms with Crippen molar-refractivity contribution in [2.75, 3.05) is 18.4 Å². The Labute approximate surface area is 121 Å². The summed E-state index contributed by atoms with van der Waals surface area (Å²) in [4.78, 5) is 14.1. The number of nitrogens with zero attached hydrogens (tertiary/aromatic N) is 1. The maximum atomic E-state index is 13.6. The van der Waals surface area contributed by atoms with E-state index in [1.165, 1.54) is 12.5 Å². The molecule has 19 heavy (non-hydrogen) atoms. The Balaban J connectivity index is 1.93. The van der Waals surface area contributed by atoms with Crippen LogP contribution in [0.4, 0.5) is 10.1 Å². The van der Waals surface area contributed by atoms with Crippen LogP contribution in [0.1, 0.15) is 26.2 Å². The lowest BCUT2D eigenvalue weighted by Gasteiger charge is -2.32. The van der Waals surface area contributed by atoms with Crippen LogP contribution in [-0.4, -0.2) is 29.9 Å². The maximum Gasteiger partial charge on any atom is 0.238 e. The van der Waals surface area contributed by atoms with Gasteiger partial charge >= 0.3 is 0 Å². The van der Waals surface area contributed by atoms with Gasteiger partial charge in [0.2, 0.25) is 5.91 Å². The molecular formula is C14H18BrFN2O.